The molecule has 0 saturated heterocycles. The number of benzene rings is 1. The SMILES string of the molecule is CC(C)CC(CN)Nc1cccc(Cl)c1C(N)=O. The van der Waals surface area contributed by atoms with E-state index < -0.39 is 5.91 Å². The van der Waals surface area contributed by atoms with Crippen LogP contribution in [0.4, 0.5) is 5.69 Å². The smallest absolute Gasteiger partial charge is 0.252 e. The molecule has 5 N–H and O–H groups in total. The molecule has 0 aromatic heterocycles. The van der Waals surface area contributed by atoms with Gasteiger partial charge in [-0.2, -0.15) is 0 Å². The van der Waals surface area contributed by atoms with Crippen molar-refractivity contribution >= 4 is 23.2 Å². The van der Waals surface area contributed by atoms with Gasteiger partial charge in [-0.15, -0.1) is 0 Å². The predicted molar refractivity (Wildman–Crippen MR) is 75.9 cm³/mol. The zero-order chi connectivity index (χ0) is 13.7. The first-order valence-corrected chi connectivity index (χ1v) is 6.38. The molecule has 0 saturated carbocycles. The second-order valence-electron chi connectivity index (χ2n) is 4.73. The van der Waals surface area contributed by atoms with Gasteiger partial charge < -0.3 is 16.8 Å². The van der Waals surface area contributed by atoms with Gasteiger partial charge in [0.2, 0.25) is 0 Å². The molecule has 1 aromatic rings. The predicted octanol–water partition coefficient (Wildman–Crippen LogP) is 2.22. The minimum Gasteiger partial charge on any atom is -0.380 e. The molecule has 1 unspecified atom stereocenters. The maximum atomic E-state index is 11.4. The summed E-state index contributed by atoms with van der Waals surface area (Å²) >= 11 is 5.98. The Bertz CT molecular complexity index is 421. The fourth-order valence-electron chi connectivity index (χ4n) is 1.90. The topological polar surface area (TPSA) is 81.1 Å². The van der Waals surface area contributed by atoms with Gasteiger partial charge >= 0.3 is 0 Å². The third kappa shape index (κ3) is 3.89. The third-order valence-corrected chi connectivity index (χ3v) is 2.98. The lowest BCUT2D eigenvalue weighted by atomic mass is 10.0. The van der Waals surface area contributed by atoms with Gasteiger partial charge in [0.1, 0.15) is 0 Å². The summed E-state index contributed by atoms with van der Waals surface area (Å²) in [5, 5.41) is 3.59. The molecular weight excluding hydrogens is 250 g/mol. The van der Waals surface area contributed by atoms with Crippen LogP contribution in [0.5, 0.6) is 0 Å². The van der Waals surface area contributed by atoms with Crippen molar-refractivity contribution in [2.24, 2.45) is 17.4 Å². The van der Waals surface area contributed by atoms with E-state index in [2.05, 4.69) is 19.2 Å². The summed E-state index contributed by atoms with van der Waals surface area (Å²) in [5.41, 5.74) is 12.0. The molecule has 0 aliphatic heterocycles. The average Bonchev–Trinajstić information content (AvgIpc) is 2.27. The van der Waals surface area contributed by atoms with Crippen molar-refractivity contribution < 1.29 is 4.79 Å². The molecule has 1 atom stereocenters. The quantitative estimate of drug-likeness (QED) is 0.741. The molecule has 4 nitrogen and oxygen atoms in total. The number of hydrogen-bond donors (Lipinski definition) is 3. The van der Waals surface area contributed by atoms with Crippen LogP contribution in [0.1, 0.15) is 30.6 Å². The highest BCUT2D eigenvalue weighted by Crippen LogP contribution is 2.25. The van der Waals surface area contributed by atoms with E-state index >= 15 is 0 Å². The number of rotatable bonds is 6. The molecule has 0 spiro atoms. The Morgan fingerprint density at radius 3 is 2.61 bits per heavy atom. The van der Waals surface area contributed by atoms with E-state index in [0.29, 0.717) is 28.7 Å². The maximum Gasteiger partial charge on any atom is 0.252 e. The summed E-state index contributed by atoms with van der Waals surface area (Å²) in [6.07, 6.45) is 0.918. The van der Waals surface area contributed by atoms with Crippen LogP contribution in [0.2, 0.25) is 5.02 Å². The molecule has 18 heavy (non-hydrogen) atoms. The standard InChI is InChI=1S/C13H20ClN3O/c1-8(2)6-9(7-15)17-11-5-3-4-10(14)12(11)13(16)18/h3-5,8-9,17H,6-7,15H2,1-2H3,(H2,16,18). The number of anilines is 1. The van der Waals surface area contributed by atoms with Crippen molar-refractivity contribution in [1.82, 2.24) is 0 Å². The molecule has 1 aromatic carbocycles. The lowest BCUT2D eigenvalue weighted by Crippen LogP contribution is -2.31. The van der Waals surface area contributed by atoms with E-state index in [-0.39, 0.29) is 6.04 Å². The van der Waals surface area contributed by atoms with Gasteiger partial charge in [0.15, 0.2) is 0 Å². The van der Waals surface area contributed by atoms with E-state index in [4.69, 9.17) is 23.1 Å². The van der Waals surface area contributed by atoms with Crippen LogP contribution in [0.3, 0.4) is 0 Å². The van der Waals surface area contributed by atoms with Crippen LogP contribution < -0.4 is 16.8 Å². The Hall–Kier alpha value is -1.26. The molecule has 0 fully saturated rings. The van der Waals surface area contributed by atoms with Crippen molar-refractivity contribution in [2.75, 3.05) is 11.9 Å². The number of halogens is 1. The van der Waals surface area contributed by atoms with Gasteiger partial charge in [0, 0.05) is 18.3 Å². The monoisotopic (exact) mass is 269 g/mol. The van der Waals surface area contributed by atoms with Crippen LogP contribution in [0, 0.1) is 5.92 Å². The third-order valence-electron chi connectivity index (χ3n) is 2.66. The Morgan fingerprint density at radius 2 is 2.11 bits per heavy atom. The maximum absolute atomic E-state index is 11.4. The Balaban J connectivity index is 2.95. The number of primary amides is 1. The minimum atomic E-state index is -0.539. The van der Waals surface area contributed by atoms with Crippen molar-refractivity contribution in [1.29, 1.82) is 0 Å². The van der Waals surface area contributed by atoms with Gasteiger partial charge in [-0.1, -0.05) is 31.5 Å². The van der Waals surface area contributed by atoms with Crippen LogP contribution in [-0.4, -0.2) is 18.5 Å². The Morgan fingerprint density at radius 1 is 1.44 bits per heavy atom. The molecule has 100 valence electrons. The van der Waals surface area contributed by atoms with Crippen LogP contribution in [0.15, 0.2) is 18.2 Å². The Labute approximate surface area is 113 Å². The first kappa shape index (κ1) is 14.8. The molecule has 1 rings (SSSR count). The van der Waals surface area contributed by atoms with Gasteiger partial charge in [0.25, 0.3) is 5.91 Å². The molecule has 0 bridgehead atoms. The number of carbonyl (C=O) groups is 1. The normalized spacial score (nSPS) is 12.5. The summed E-state index contributed by atoms with van der Waals surface area (Å²) in [7, 11) is 0. The van der Waals surface area contributed by atoms with E-state index in [1.54, 1.807) is 18.2 Å². The first-order chi connectivity index (χ1) is 8.45. The van der Waals surface area contributed by atoms with E-state index in [1.165, 1.54) is 0 Å². The average molecular weight is 270 g/mol. The highest BCUT2D eigenvalue weighted by atomic mass is 35.5. The number of amides is 1. The lowest BCUT2D eigenvalue weighted by Gasteiger charge is -2.21. The summed E-state index contributed by atoms with van der Waals surface area (Å²) < 4.78 is 0. The summed E-state index contributed by atoms with van der Waals surface area (Å²) in [5.74, 6) is -0.0225. The van der Waals surface area contributed by atoms with E-state index in [9.17, 15) is 4.79 Å². The van der Waals surface area contributed by atoms with Crippen molar-refractivity contribution in [3.05, 3.63) is 28.8 Å². The molecule has 5 heteroatoms. The highest BCUT2D eigenvalue weighted by Gasteiger charge is 2.16. The summed E-state index contributed by atoms with van der Waals surface area (Å²) in [6, 6.07) is 5.31. The largest absolute Gasteiger partial charge is 0.380 e. The van der Waals surface area contributed by atoms with Crippen molar-refractivity contribution in [3.63, 3.8) is 0 Å². The zero-order valence-corrected chi connectivity index (χ0v) is 11.5. The summed E-state index contributed by atoms with van der Waals surface area (Å²) in [6.45, 7) is 4.73. The second kappa shape index (κ2) is 6.61. The molecule has 0 radical (unpaired) electrons. The molecule has 0 heterocycles. The fraction of sp³-hybridized carbons (Fsp3) is 0.462. The minimum absolute atomic E-state index is 0.0987. The van der Waals surface area contributed by atoms with Crippen LogP contribution in [-0.2, 0) is 0 Å². The number of nitrogens with one attached hydrogen (secondary N) is 1. The van der Waals surface area contributed by atoms with Crippen LogP contribution >= 0.6 is 11.6 Å². The molecule has 1 amide bonds. The molecule has 0 aliphatic rings. The second-order valence-corrected chi connectivity index (χ2v) is 5.14. The number of nitrogens with two attached hydrogens (primary N) is 2. The van der Waals surface area contributed by atoms with Gasteiger partial charge in [-0.25, -0.2) is 0 Å². The number of hydrogen-bond acceptors (Lipinski definition) is 3. The van der Waals surface area contributed by atoms with Gasteiger partial charge in [0.05, 0.1) is 10.6 Å². The zero-order valence-electron chi connectivity index (χ0n) is 10.7. The van der Waals surface area contributed by atoms with Crippen molar-refractivity contribution in [2.45, 2.75) is 26.3 Å². The van der Waals surface area contributed by atoms with E-state index in [1.807, 2.05) is 0 Å². The van der Waals surface area contributed by atoms with E-state index in [0.717, 1.165) is 6.42 Å². The van der Waals surface area contributed by atoms with Gasteiger partial charge in [-0.05, 0) is 24.5 Å². The van der Waals surface area contributed by atoms with Crippen LogP contribution in [0.25, 0.3) is 0 Å². The number of carbonyl (C=O) groups excluding carboxylic acids is 1. The fourth-order valence-corrected chi connectivity index (χ4v) is 2.17. The first-order valence-electron chi connectivity index (χ1n) is 6.00. The lowest BCUT2D eigenvalue weighted by molar-refractivity contribution is 0.100. The molecule has 0 aliphatic carbocycles. The summed E-state index contributed by atoms with van der Waals surface area (Å²) in [4.78, 5) is 11.4. The van der Waals surface area contributed by atoms with Gasteiger partial charge in [-0.3, -0.25) is 4.79 Å². The molecular formula is C13H20ClN3O. The Kier molecular flexibility index (Phi) is 5.44. The van der Waals surface area contributed by atoms with Crippen molar-refractivity contribution in [3.8, 4) is 0 Å². The highest BCUT2D eigenvalue weighted by molar-refractivity contribution is 6.34.